The molecule has 0 radical (unpaired) electrons. The van der Waals surface area contributed by atoms with Crippen molar-refractivity contribution in [2.24, 2.45) is 0 Å². The first kappa shape index (κ1) is 38.7. The van der Waals surface area contributed by atoms with Crippen molar-refractivity contribution in [1.82, 2.24) is 9.13 Å². The molecule has 0 saturated heterocycles. The Kier molecular flexibility index (Phi) is 16.8. The molecule has 0 atom stereocenters. The molecule has 260 valence electrons. The number of benzene rings is 1. The molecule has 7 rings (SSSR count). The van der Waals surface area contributed by atoms with Gasteiger partial charge in [0.2, 0.25) is 0 Å². The number of aromatic nitrogens is 2. The fourth-order valence-electron chi connectivity index (χ4n) is 10.5. The van der Waals surface area contributed by atoms with Crippen LogP contribution < -0.4 is 24.8 Å². The first-order valence-corrected chi connectivity index (χ1v) is 22.3. The molecule has 1 heterocycles. The molecule has 2 nitrogen and oxygen atoms in total. The van der Waals surface area contributed by atoms with Crippen LogP contribution in [0.1, 0.15) is 178 Å². The summed E-state index contributed by atoms with van der Waals surface area (Å²) in [4.78, 5) is 0. The average molecular weight is 775 g/mol. The molecule has 6 heteroatoms. The van der Waals surface area contributed by atoms with E-state index in [1.807, 2.05) is 28.0 Å². The van der Waals surface area contributed by atoms with E-state index in [-0.39, 0.29) is 24.8 Å². The van der Waals surface area contributed by atoms with Crippen LogP contribution in [-0.4, -0.2) is 30.7 Å². The van der Waals surface area contributed by atoms with Crippen LogP contribution in [-0.2, 0) is 17.9 Å². The Bertz CT molecular complexity index is 1130. The number of halogens is 2. The zero-order valence-corrected chi connectivity index (χ0v) is 32.8. The van der Waals surface area contributed by atoms with Crippen LogP contribution in [0.5, 0.6) is 0 Å². The van der Waals surface area contributed by atoms with E-state index in [1.165, 1.54) is 128 Å². The van der Waals surface area contributed by atoms with E-state index in [0.29, 0.717) is 0 Å². The summed E-state index contributed by atoms with van der Waals surface area (Å²) in [5, 5.41) is 2.02. The molecule has 0 aliphatic heterocycles. The Hall–Kier alpha value is -0.0666. The van der Waals surface area contributed by atoms with Gasteiger partial charge in [-0.3, -0.25) is 0 Å². The van der Waals surface area contributed by atoms with Crippen LogP contribution >= 0.6 is 6.89 Å². The molecule has 5 saturated carbocycles. The van der Waals surface area contributed by atoms with Gasteiger partial charge in [-0.2, -0.15) is 0 Å². The van der Waals surface area contributed by atoms with E-state index in [0.717, 1.165) is 29.1 Å². The Morgan fingerprint density at radius 3 is 1.11 bits per heavy atom. The minimum atomic E-state index is -1.31. The molecular weight excluding hydrogens is 711 g/mol. The Morgan fingerprint density at radius 1 is 0.478 bits per heavy atom. The standard InChI is InChI=1S/C33H57N2P.C7H6.2ClH.Ru/c1-6-16-28(17-7-1)34-26-27-35(29-18-8-2-9-19-29)33(34)36(30-20-10-3-11-21-30,31-22-12-4-13-23-31)32-24-14-5-15-25-32;1-7-5-3-2-4-6-7;;;/h26-32H,1-25H2;1-6H;2*1H;/q;;;;+2/p-2. The summed E-state index contributed by atoms with van der Waals surface area (Å²) in [6.45, 7) is -1.31. The maximum atomic E-state index is 3.05. The van der Waals surface area contributed by atoms with Crippen LogP contribution in [0.4, 0.5) is 0 Å². The van der Waals surface area contributed by atoms with Gasteiger partial charge in [0, 0.05) is 24.5 Å². The molecule has 0 unspecified atom stereocenters. The summed E-state index contributed by atoms with van der Waals surface area (Å²) in [6, 6.07) is 11.8. The Balaban J connectivity index is 0.000000422. The fraction of sp³-hybridized carbons (Fsp3) is 0.750. The number of rotatable bonds is 6. The molecule has 0 amide bonds. The van der Waals surface area contributed by atoms with Crippen molar-refractivity contribution >= 4 is 11.5 Å². The molecule has 2 aromatic rings. The largest absolute Gasteiger partial charge is 0.330 e. The predicted molar refractivity (Wildman–Crippen MR) is 189 cm³/mol. The SMILES string of the molecule is [Cl-].[Cl-].[Ru+2]=[CH]c1ccccc1.c1cn(C2CCCCC2)c(=P(C2CCCCC2)(C2CCCCC2)C2CCCCC2)n1C1CCCCC1. The number of imidazole rings is 1. The Labute approximate surface area is 304 Å². The van der Waals surface area contributed by atoms with Crippen molar-refractivity contribution in [3.63, 3.8) is 0 Å². The van der Waals surface area contributed by atoms with Crippen LogP contribution in [0.2, 0.25) is 0 Å². The fourth-order valence-corrected chi connectivity index (χ4v) is 18.6. The third-order valence-corrected chi connectivity index (χ3v) is 19.5. The first-order valence-electron chi connectivity index (χ1n) is 19.3. The van der Waals surface area contributed by atoms with Crippen molar-refractivity contribution in [1.29, 1.82) is 0 Å². The van der Waals surface area contributed by atoms with Gasteiger partial charge in [-0.05, 0) is 81.2 Å². The molecular formula is C40H63Cl2N2PRu. The van der Waals surface area contributed by atoms with Gasteiger partial charge in [-0.15, -0.1) is 0 Å². The van der Waals surface area contributed by atoms with Crippen molar-refractivity contribution < 1.29 is 42.7 Å². The first-order chi connectivity index (χ1) is 21.8. The molecule has 0 spiro atoms. The van der Waals surface area contributed by atoms with Gasteiger partial charge >= 0.3 is 58.4 Å². The molecule has 5 aliphatic rings. The van der Waals surface area contributed by atoms with E-state index in [9.17, 15) is 0 Å². The number of hydrogen-bond donors (Lipinski definition) is 0. The minimum absolute atomic E-state index is 0. The van der Waals surface area contributed by atoms with E-state index in [1.54, 1.807) is 38.5 Å². The van der Waals surface area contributed by atoms with Crippen LogP contribution in [0.25, 0.3) is 0 Å². The van der Waals surface area contributed by atoms with E-state index < -0.39 is 6.89 Å². The molecule has 0 N–H and O–H groups in total. The summed E-state index contributed by atoms with van der Waals surface area (Å²) in [5.74, 6) is 0. The van der Waals surface area contributed by atoms with E-state index >= 15 is 0 Å². The van der Waals surface area contributed by atoms with Crippen molar-refractivity contribution in [2.75, 3.05) is 0 Å². The van der Waals surface area contributed by atoms with Crippen LogP contribution in [0.15, 0.2) is 42.7 Å². The van der Waals surface area contributed by atoms with Crippen LogP contribution in [0.3, 0.4) is 0 Å². The van der Waals surface area contributed by atoms with Crippen molar-refractivity contribution in [2.45, 2.75) is 190 Å². The molecule has 1 aromatic heterocycles. The van der Waals surface area contributed by atoms with Crippen LogP contribution in [0, 0.1) is 5.20 Å². The quantitative estimate of drug-likeness (QED) is 0.243. The normalized spacial score (nSPS) is 23.0. The second-order valence-electron chi connectivity index (χ2n) is 15.2. The zero-order valence-electron chi connectivity index (χ0n) is 28.6. The molecule has 5 fully saturated rings. The summed E-state index contributed by atoms with van der Waals surface area (Å²) >= 11 is 2.48. The second kappa shape index (κ2) is 20.0. The van der Waals surface area contributed by atoms with Gasteiger partial charge in [-0.25, -0.2) is 0 Å². The molecule has 46 heavy (non-hydrogen) atoms. The average Bonchev–Trinajstić information content (AvgIpc) is 3.57. The third kappa shape index (κ3) is 8.99. The zero-order chi connectivity index (χ0) is 30.0. The van der Waals surface area contributed by atoms with Gasteiger partial charge < -0.3 is 33.9 Å². The predicted octanol–water partition coefficient (Wildman–Crippen LogP) is 6.24. The molecule has 5 aliphatic carbocycles. The van der Waals surface area contributed by atoms with E-state index in [4.69, 9.17) is 0 Å². The molecule has 1 aromatic carbocycles. The van der Waals surface area contributed by atoms with Gasteiger partial charge in [0.25, 0.3) is 0 Å². The number of hydrogen-bond acceptors (Lipinski definition) is 0. The van der Waals surface area contributed by atoms with Crippen molar-refractivity contribution in [3.8, 4) is 0 Å². The van der Waals surface area contributed by atoms with Gasteiger partial charge in [0.05, 0.1) is 0 Å². The maximum absolute atomic E-state index is 3.05. The summed E-state index contributed by atoms with van der Waals surface area (Å²) in [6.07, 6.45) is 43.1. The monoisotopic (exact) mass is 774 g/mol. The molecule has 0 bridgehead atoms. The van der Waals surface area contributed by atoms with Crippen molar-refractivity contribution in [3.05, 3.63) is 53.5 Å². The van der Waals surface area contributed by atoms with Gasteiger partial charge in [-0.1, -0.05) is 103 Å². The maximum Gasteiger partial charge on any atom is 0.108 e. The topological polar surface area (TPSA) is 9.86 Å². The summed E-state index contributed by atoms with van der Waals surface area (Å²) in [5.41, 5.74) is 4.39. The van der Waals surface area contributed by atoms with Gasteiger partial charge in [0.1, 0.15) is 5.20 Å². The Morgan fingerprint density at radius 2 is 0.804 bits per heavy atom. The van der Waals surface area contributed by atoms with Gasteiger partial charge in [0.15, 0.2) is 0 Å². The smallest absolute Gasteiger partial charge is 0.108 e. The minimum Gasteiger partial charge on any atom is -0.330 e. The summed E-state index contributed by atoms with van der Waals surface area (Å²) in [7, 11) is 0. The third-order valence-electron chi connectivity index (χ3n) is 12.6. The summed E-state index contributed by atoms with van der Waals surface area (Å²) < 4.78 is 8.12. The number of nitrogens with zero attached hydrogens (tertiary/aromatic N) is 2. The van der Waals surface area contributed by atoms with E-state index in [2.05, 4.69) is 51.5 Å². The second-order valence-corrected chi connectivity index (χ2v) is 20.0.